The highest BCUT2D eigenvalue weighted by Crippen LogP contribution is 2.25. The van der Waals surface area contributed by atoms with Crippen molar-refractivity contribution in [3.05, 3.63) is 52.9 Å². The number of aryl methyl sites for hydroxylation is 1. The third-order valence-electron chi connectivity index (χ3n) is 4.99. The molecule has 10 heteroatoms. The van der Waals surface area contributed by atoms with E-state index in [4.69, 9.17) is 14.6 Å². The molecule has 2 heterocycles. The van der Waals surface area contributed by atoms with E-state index >= 15 is 0 Å². The van der Waals surface area contributed by atoms with E-state index in [1.165, 1.54) is 19.1 Å². The Labute approximate surface area is 178 Å². The molecule has 0 saturated carbocycles. The zero-order valence-electron chi connectivity index (χ0n) is 17.2. The van der Waals surface area contributed by atoms with Crippen LogP contribution in [0, 0.1) is 12.7 Å². The predicted octanol–water partition coefficient (Wildman–Crippen LogP) is 1.92. The molecule has 2 aromatic rings. The number of carbonyl (C=O) groups is 2. The summed E-state index contributed by atoms with van der Waals surface area (Å²) in [6.07, 6.45) is -0.343. The molecule has 9 nitrogen and oxygen atoms in total. The van der Waals surface area contributed by atoms with Crippen LogP contribution in [-0.4, -0.2) is 57.6 Å². The number of halogens is 1. The SMILES string of the molecule is CCC(NC(=O)c1nc(C[C@H]2OC[C@H](c3ccc(F)cc3)CO2)nc(C)c1O)C(=O)O. The lowest BCUT2D eigenvalue weighted by molar-refractivity contribution is -0.186. The second-order valence-electron chi connectivity index (χ2n) is 7.24. The lowest BCUT2D eigenvalue weighted by Gasteiger charge is -2.29. The Hall–Kier alpha value is -3.11. The van der Waals surface area contributed by atoms with E-state index in [9.17, 15) is 19.1 Å². The quantitative estimate of drug-likeness (QED) is 0.604. The molecule has 1 unspecified atom stereocenters. The molecular weight excluding hydrogens is 409 g/mol. The van der Waals surface area contributed by atoms with Crippen molar-refractivity contribution in [2.24, 2.45) is 0 Å². The first-order valence-electron chi connectivity index (χ1n) is 9.87. The molecule has 1 aromatic heterocycles. The number of carboxylic acids is 1. The molecule has 1 atom stereocenters. The molecule has 31 heavy (non-hydrogen) atoms. The van der Waals surface area contributed by atoms with Crippen molar-refractivity contribution >= 4 is 11.9 Å². The summed E-state index contributed by atoms with van der Waals surface area (Å²) in [6.45, 7) is 3.85. The fourth-order valence-electron chi connectivity index (χ4n) is 3.18. The van der Waals surface area contributed by atoms with E-state index in [-0.39, 0.29) is 41.8 Å². The summed E-state index contributed by atoms with van der Waals surface area (Å²) in [5, 5.41) is 21.6. The molecule has 1 aliphatic rings. The Morgan fingerprint density at radius 2 is 1.87 bits per heavy atom. The molecule has 166 valence electrons. The lowest BCUT2D eigenvalue weighted by atomic mass is 10.0. The zero-order valence-corrected chi connectivity index (χ0v) is 17.2. The zero-order chi connectivity index (χ0) is 22.5. The van der Waals surface area contributed by atoms with Gasteiger partial charge in [0.1, 0.15) is 17.7 Å². The first-order chi connectivity index (χ1) is 14.8. The van der Waals surface area contributed by atoms with Gasteiger partial charge in [0.05, 0.1) is 25.3 Å². The van der Waals surface area contributed by atoms with Gasteiger partial charge < -0.3 is 25.0 Å². The van der Waals surface area contributed by atoms with Crippen molar-refractivity contribution in [2.75, 3.05) is 13.2 Å². The van der Waals surface area contributed by atoms with Crippen LogP contribution in [0.1, 0.15) is 46.8 Å². The van der Waals surface area contributed by atoms with Crippen LogP contribution < -0.4 is 5.32 Å². The molecule has 0 bridgehead atoms. The molecule has 3 rings (SSSR count). The van der Waals surface area contributed by atoms with Gasteiger partial charge in [-0.15, -0.1) is 0 Å². The van der Waals surface area contributed by atoms with E-state index in [0.717, 1.165) is 5.56 Å². The van der Waals surface area contributed by atoms with Crippen molar-refractivity contribution in [3.63, 3.8) is 0 Å². The van der Waals surface area contributed by atoms with E-state index in [1.807, 2.05) is 0 Å². The highest BCUT2D eigenvalue weighted by atomic mass is 19.1. The Morgan fingerprint density at radius 3 is 2.45 bits per heavy atom. The molecule has 1 saturated heterocycles. The van der Waals surface area contributed by atoms with E-state index in [1.54, 1.807) is 19.1 Å². The van der Waals surface area contributed by atoms with Crippen molar-refractivity contribution in [1.29, 1.82) is 0 Å². The number of rotatable bonds is 7. The number of ether oxygens (including phenoxy) is 2. The smallest absolute Gasteiger partial charge is 0.326 e. The van der Waals surface area contributed by atoms with Gasteiger partial charge in [-0.3, -0.25) is 4.79 Å². The number of aromatic hydroxyl groups is 1. The number of benzene rings is 1. The van der Waals surface area contributed by atoms with Crippen LogP contribution in [0.5, 0.6) is 5.75 Å². The van der Waals surface area contributed by atoms with Crippen LogP contribution in [-0.2, 0) is 20.7 Å². The molecule has 1 fully saturated rings. The van der Waals surface area contributed by atoms with Crippen LogP contribution in [0.25, 0.3) is 0 Å². The number of carboxylic acid groups (broad SMARTS) is 1. The highest BCUT2D eigenvalue weighted by molar-refractivity contribution is 5.97. The van der Waals surface area contributed by atoms with Crippen LogP contribution in [0.4, 0.5) is 4.39 Å². The van der Waals surface area contributed by atoms with Gasteiger partial charge in [0.25, 0.3) is 5.91 Å². The highest BCUT2D eigenvalue weighted by Gasteiger charge is 2.27. The van der Waals surface area contributed by atoms with E-state index < -0.39 is 30.0 Å². The van der Waals surface area contributed by atoms with Crippen molar-refractivity contribution < 1.29 is 33.7 Å². The van der Waals surface area contributed by atoms with Crippen molar-refractivity contribution in [1.82, 2.24) is 15.3 Å². The molecule has 1 aromatic carbocycles. The molecule has 1 amide bonds. The minimum atomic E-state index is -1.18. The minimum absolute atomic E-state index is 0.0392. The summed E-state index contributed by atoms with van der Waals surface area (Å²) in [5.41, 5.74) is 0.778. The number of hydrogen-bond acceptors (Lipinski definition) is 7. The molecule has 0 spiro atoms. The Bertz CT molecular complexity index is 945. The summed E-state index contributed by atoms with van der Waals surface area (Å²) in [6, 6.07) is 5.04. The number of hydrogen-bond donors (Lipinski definition) is 3. The van der Waals surface area contributed by atoms with Crippen LogP contribution in [0.3, 0.4) is 0 Å². The minimum Gasteiger partial charge on any atom is -0.504 e. The molecule has 3 N–H and O–H groups in total. The summed E-state index contributed by atoms with van der Waals surface area (Å²) in [7, 11) is 0. The normalized spacial score (nSPS) is 19.6. The Balaban J connectivity index is 1.66. The first-order valence-corrected chi connectivity index (χ1v) is 9.87. The number of carbonyl (C=O) groups excluding carboxylic acids is 1. The van der Waals surface area contributed by atoms with Crippen LogP contribution in [0.2, 0.25) is 0 Å². The fourth-order valence-corrected chi connectivity index (χ4v) is 3.18. The van der Waals surface area contributed by atoms with Gasteiger partial charge in [-0.25, -0.2) is 19.2 Å². The molecule has 1 aliphatic heterocycles. The molecule has 0 radical (unpaired) electrons. The molecular formula is C21H24FN3O6. The van der Waals surface area contributed by atoms with Gasteiger partial charge in [-0.05, 0) is 31.0 Å². The van der Waals surface area contributed by atoms with Gasteiger partial charge >= 0.3 is 5.97 Å². The molecule has 0 aliphatic carbocycles. The third-order valence-corrected chi connectivity index (χ3v) is 4.99. The summed E-state index contributed by atoms with van der Waals surface area (Å²) >= 11 is 0. The average molecular weight is 433 g/mol. The largest absolute Gasteiger partial charge is 0.504 e. The second-order valence-corrected chi connectivity index (χ2v) is 7.24. The van der Waals surface area contributed by atoms with Gasteiger partial charge in [-0.1, -0.05) is 19.1 Å². The monoisotopic (exact) mass is 433 g/mol. The number of nitrogens with one attached hydrogen (secondary N) is 1. The van der Waals surface area contributed by atoms with Crippen LogP contribution >= 0.6 is 0 Å². The van der Waals surface area contributed by atoms with Gasteiger partial charge in [0.15, 0.2) is 17.7 Å². The lowest BCUT2D eigenvalue weighted by Crippen LogP contribution is -2.40. The summed E-state index contributed by atoms with van der Waals surface area (Å²) in [5.74, 6) is -2.53. The third kappa shape index (κ3) is 5.53. The topological polar surface area (TPSA) is 131 Å². The van der Waals surface area contributed by atoms with E-state index in [0.29, 0.717) is 13.2 Å². The maximum atomic E-state index is 13.1. The summed E-state index contributed by atoms with van der Waals surface area (Å²) < 4.78 is 24.5. The van der Waals surface area contributed by atoms with Gasteiger partial charge in [0, 0.05) is 5.92 Å². The Morgan fingerprint density at radius 1 is 1.23 bits per heavy atom. The summed E-state index contributed by atoms with van der Waals surface area (Å²) in [4.78, 5) is 31.9. The fraction of sp³-hybridized carbons (Fsp3) is 0.429. The maximum Gasteiger partial charge on any atom is 0.326 e. The van der Waals surface area contributed by atoms with Gasteiger partial charge in [0.2, 0.25) is 0 Å². The number of aliphatic carboxylic acids is 1. The van der Waals surface area contributed by atoms with Crippen LogP contribution in [0.15, 0.2) is 24.3 Å². The van der Waals surface area contributed by atoms with Crippen molar-refractivity contribution in [2.45, 2.75) is 44.9 Å². The Kier molecular flexibility index (Phi) is 7.13. The predicted molar refractivity (Wildman–Crippen MR) is 106 cm³/mol. The number of nitrogens with zero attached hydrogens (tertiary/aromatic N) is 2. The second kappa shape index (κ2) is 9.80. The van der Waals surface area contributed by atoms with Crippen molar-refractivity contribution in [3.8, 4) is 5.75 Å². The maximum absolute atomic E-state index is 13.1. The number of aromatic nitrogens is 2. The van der Waals surface area contributed by atoms with Gasteiger partial charge in [-0.2, -0.15) is 0 Å². The average Bonchev–Trinajstić information content (AvgIpc) is 2.75. The number of amides is 1. The van der Waals surface area contributed by atoms with E-state index in [2.05, 4.69) is 15.3 Å². The standard InChI is InChI=1S/C21H24FN3O6/c1-3-15(21(28)29)24-20(27)18-19(26)11(2)23-16(25-18)8-17-30-9-13(10-31-17)12-4-6-14(22)7-5-12/h4-7,13,15,17,26H,3,8-10H2,1-2H3,(H,24,27)(H,28,29)/t13-,15?,17-. The first kappa shape index (κ1) is 22.6.